The third kappa shape index (κ3) is 4.43. The Morgan fingerprint density at radius 3 is 2.79 bits per heavy atom. The van der Waals surface area contributed by atoms with E-state index in [1.54, 1.807) is 0 Å². The predicted octanol–water partition coefficient (Wildman–Crippen LogP) is 2.09. The quantitative estimate of drug-likeness (QED) is 0.733. The lowest BCUT2D eigenvalue weighted by Gasteiger charge is -2.30. The Kier molecular flexibility index (Phi) is 5.49. The summed E-state index contributed by atoms with van der Waals surface area (Å²) in [5.74, 6) is 1.90. The van der Waals surface area contributed by atoms with Crippen molar-refractivity contribution in [3.05, 3.63) is 0 Å². The molecule has 0 saturated heterocycles. The average molecular weight is 198 g/mol. The number of hydrogen-bond acceptors (Lipinski definition) is 2. The normalized spacial score (nSPS) is 28.3. The maximum absolute atomic E-state index is 5.51. The van der Waals surface area contributed by atoms with Crippen LogP contribution >= 0.6 is 0 Å². The van der Waals surface area contributed by atoms with Gasteiger partial charge in [-0.3, -0.25) is 0 Å². The van der Waals surface area contributed by atoms with Crippen LogP contribution in [-0.4, -0.2) is 31.6 Å². The lowest BCUT2D eigenvalue weighted by molar-refractivity contribution is 0.203. The molecule has 0 aromatic carbocycles. The average Bonchev–Trinajstić information content (AvgIpc) is 2.15. The van der Waals surface area contributed by atoms with Gasteiger partial charge in [-0.2, -0.15) is 0 Å². The highest BCUT2D eigenvalue weighted by Crippen LogP contribution is 2.28. The summed E-state index contributed by atoms with van der Waals surface area (Å²) in [4.78, 5) is 2.45. The van der Waals surface area contributed by atoms with Gasteiger partial charge in [-0.1, -0.05) is 19.8 Å². The van der Waals surface area contributed by atoms with Crippen LogP contribution in [0.3, 0.4) is 0 Å². The van der Waals surface area contributed by atoms with Crippen LogP contribution in [0, 0.1) is 11.8 Å². The zero-order chi connectivity index (χ0) is 10.4. The van der Waals surface area contributed by atoms with Gasteiger partial charge in [0, 0.05) is 6.54 Å². The molecule has 2 unspecified atom stereocenters. The van der Waals surface area contributed by atoms with Gasteiger partial charge in [0.2, 0.25) is 0 Å². The predicted molar refractivity (Wildman–Crippen MR) is 62.3 cm³/mol. The van der Waals surface area contributed by atoms with Crippen molar-refractivity contribution >= 4 is 0 Å². The summed E-state index contributed by atoms with van der Waals surface area (Å²) in [5.41, 5.74) is 5.51. The molecule has 0 aromatic rings. The first kappa shape index (κ1) is 12.0. The maximum atomic E-state index is 5.51. The summed E-state index contributed by atoms with van der Waals surface area (Å²) >= 11 is 0. The largest absolute Gasteiger partial charge is 0.330 e. The molecule has 2 N–H and O–H groups in total. The molecule has 1 aliphatic rings. The molecule has 2 nitrogen and oxygen atoms in total. The Labute approximate surface area is 88.8 Å². The highest BCUT2D eigenvalue weighted by atomic mass is 15.1. The molecule has 0 heterocycles. The molecule has 1 fully saturated rings. The summed E-state index contributed by atoms with van der Waals surface area (Å²) < 4.78 is 0. The molecule has 1 saturated carbocycles. The van der Waals surface area contributed by atoms with Gasteiger partial charge in [0.05, 0.1) is 0 Å². The van der Waals surface area contributed by atoms with Crippen LogP contribution in [0.15, 0.2) is 0 Å². The van der Waals surface area contributed by atoms with E-state index in [0.717, 1.165) is 24.8 Å². The fourth-order valence-electron chi connectivity index (χ4n) is 2.62. The van der Waals surface area contributed by atoms with Crippen molar-refractivity contribution in [3.63, 3.8) is 0 Å². The fourth-order valence-corrected chi connectivity index (χ4v) is 2.62. The smallest absolute Gasteiger partial charge is 0.000671 e. The van der Waals surface area contributed by atoms with Gasteiger partial charge in [0.15, 0.2) is 0 Å². The summed E-state index contributed by atoms with van der Waals surface area (Å²) in [6.07, 6.45) is 6.91. The van der Waals surface area contributed by atoms with Crippen molar-refractivity contribution in [1.82, 2.24) is 4.90 Å². The minimum Gasteiger partial charge on any atom is -0.330 e. The van der Waals surface area contributed by atoms with Gasteiger partial charge < -0.3 is 10.6 Å². The molecule has 0 aliphatic heterocycles. The Hall–Kier alpha value is -0.0800. The third-order valence-electron chi connectivity index (χ3n) is 3.36. The van der Waals surface area contributed by atoms with E-state index in [1.165, 1.54) is 38.8 Å². The first-order chi connectivity index (χ1) is 6.72. The van der Waals surface area contributed by atoms with Crippen LogP contribution < -0.4 is 5.73 Å². The number of nitrogens with two attached hydrogens (primary N) is 1. The van der Waals surface area contributed by atoms with Crippen LogP contribution in [0.4, 0.5) is 0 Å². The highest BCUT2D eigenvalue weighted by molar-refractivity contribution is 4.72. The molecule has 1 aliphatic carbocycles. The summed E-state index contributed by atoms with van der Waals surface area (Å²) in [7, 11) is 2.23. The number of hydrogen-bond donors (Lipinski definition) is 1. The second kappa shape index (κ2) is 6.41. The van der Waals surface area contributed by atoms with E-state index in [4.69, 9.17) is 5.73 Å². The van der Waals surface area contributed by atoms with Gasteiger partial charge in [0.25, 0.3) is 0 Å². The molecule has 1 rings (SSSR count). The summed E-state index contributed by atoms with van der Waals surface area (Å²) in [6, 6.07) is 0. The molecule has 84 valence electrons. The van der Waals surface area contributed by atoms with Gasteiger partial charge in [0.1, 0.15) is 0 Å². The molecule has 0 aromatic heterocycles. The highest BCUT2D eigenvalue weighted by Gasteiger charge is 2.19. The van der Waals surface area contributed by atoms with Crippen LogP contribution in [0.1, 0.15) is 39.0 Å². The van der Waals surface area contributed by atoms with E-state index in [0.29, 0.717) is 0 Å². The van der Waals surface area contributed by atoms with E-state index >= 15 is 0 Å². The molecule has 2 atom stereocenters. The zero-order valence-electron chi connectivity index (χ0n) is 9.84. The van der Waals surface area contributed by atoms with E-state index < -0.39 is 0 Å². The topological polar surface area (TPSA) is 29.3 Å². The summed E-state index contributed by atoms with van der Waals surface area (Å²) in [6.45, 7) is 5.67. The van der Waals surface area contributed by atoms with Crippen molar-refractivity contribution in [2.75, 3.05) is 26.7 Å². The second-order valence-corrected chi connectivity index (χ2v) is 5.04. The summed E-state index contributed by atoms with van der Waals surface area (Å²) in [5, 5.41) is 0. The van der Waals surface area contributed by atoms with Crippen molar-refractivity contribution < 1.29 is 0 Å². The van der Waals surface area contributed by atoms with Crippen molar-refractivity contribution in [3.8, 4) is 0 Å². The third-order valence-corrected chi connectivity index (χ3v) is 3.36. The van der Waals surface area contributed by atoms with Gasteiger partial charge in [-0.25, -0.2) is 0 Å². The minimum absolute atomic E-state index is 0.825. The van der Waals surface area contributed by atoms with E-state index in [-0.39, 0.29) is 0 Å². The zero-order valence-corrected chi connectivity index (χ0v) is 9.84. The van der Waals surface area contributed by atoms with Gasteiger partial charge >= 0.3 is 0 Å². The molecule has 14 heavy (non-hydrogen) atoms. The first-order valence-corrected chi connectivity index (χ1v) is 6.11. The van der Waals surface area contributed by atoms with Crippen LogP contribution in [0.5, 0.6) is 0 Å². The van der Waals surface area contributed by atoms with Crippen LogP contribution in [0.2, 0.25) is 0 Å². The maximum Gasteiger partial charge on any atom is 0.000671 e. The molecule has 2 heteroatoms. The lowest BCUT2D eigenvalue weighted by atomic mass is 9.82. The van der Waals surface area contributed by atoms with Crippen LogP contribution in [-0.2, 0) is 0 Å². The lowest BCUT2D eigenvalue weighted by Crippen LogP contribution is -2.30. The van der Waals surface area contributed by atoms with Crippen LogP contribution in [0.25, 0.3) is 0 Å². The number of nitrogens with zero attached hydrogens (tertiary/aromatic N) is 1. The molecule has 0 radical (unpaired) electrons. The van der Waals surface area contributed by atoms with Crippen molar-refractivity contribution in [2.24, 2.45) is 17.6 Å². The Bertz CT molecular complexity index is 147. The molecule has 0 bridgehead atoms. The minimum atomic E-state index is 0.825. The van der Waals surface area contributed by atoms with E-state index in [9.17, 15) is 0 Å². The van der Waals surface area contributed by atoms with Crippen molar-refractivity contribution in [2.45, 2.75) is 39.0 Å². The van der Waals surface area contributed by atoms with E-state index in [1.807, 2.05) is 0 Å². The van der Waals surface area contributed by atoms with E-state index in [2.05, 4.69) is 18.9 Å². The molecule has 0 amide bonds. The second-order valence-electron chi connectivity index (χ2n) is 5.04. The standard InChI is InChI=1S/C12H26N2/c1-11-5-3-6-12(9-11)10-14(2)8-4-7-13/h11-12H,3-10,13H2,1-2H3. The fraction of sp³-hybridized carbons (Fsp3) is 1.00. The van der Waals surface area contributed by atoms with Gasteiger partial charge in [-0.15, -0.1) is 0 Å². The Morgan fingerprint density at radius 1 is 1.36 bits per heavy atom. The first-order valence-electron chi connectivity index (χ1n) is 6.11. The van der Waals surface area contributed by atoms with Crippen molar-refractivity contribution in [1.29, 1.82) is 0 Å². The molecular formula is C12H26N2. The Balaban J connectivity index is 2.15. The molecule has 0 spiro atoms. The monoisotopic (exact) mass is 198 g/mol. The molecular weight excluding hydrogens is 172 g/mol. The van der Waals surface area contributed by atoms with Gasteiger partial charge in [-0.05, 0) is 51.2 Å². The Morgan fingerprint density at radius 2 is 2.14 bits per heavy atom. The SMILES string of the molecule is CC1CCCC(CN(C)CCCN)C1. The number of rotatable bonds is 5.